The molecule has 0 spiro atoms. The maximum atomic E-state index is 13.4. The molecule has 0 radical (unpaired) electrons. The third kappa shape index (κ3) is 10.6. The van der Waals surface area contributed by atoms with Gasteiger partial charge < -0.3 is 34.3 Å². The van der Waals surface area contributed by atoms with Gasteiger partial charge in [0.1, 0.15) is 35.8 Å². The number of morpholine rings is 1. The highest BCUT2D eigenvalue weighted by atomic mass is 28.3. The Labute approximate surface area is 313 Å². The summed E-state index contributed by atoms with van der Waals surface area (Å²) in [6.45, 7) is 18.7. The second kappa shape index (κ2) is 16.7. The molecule has 0 saturated carbocycles. The number of fused-ring (bicyclic) bond motifs is 1. The normalized spacial score (nSPS) is 17.2. The van der Waals surface area contributed by atoms with E-state index in [1.54, 1.807) is 12.4 Å². The topological polar surface area (TPSA) is 136 Å². The molecule has 2 aliphatic heterocycles. The number of carbonyl (C=O) groups is 2. The lowest BCUT2D eigenvalue weighted by molar-refractivity contribution is 0.0469. The van der Waals surface area contributed by atoms with Crippen molar-refractivity contribution in [3.05, 3.63) is 66.2 Å². The minimum Gasteiger partial charge on any atom is -0.444 e. The number of alkyl carbamates (subject to hydrolysis) is 1. The molecule has 2 fully saturated rings. The Kier molecular flexibility index (Phi) is 12.1. The van der Waals surface area contributed by atoms with Crippen LogP contribution in [0.3, 0.4) is 0 Å². The van der Waals surface area contributed by atoms with Gasteiger partial charge in [0.15, 0.2) is 0 Å². The van der Waals surface area contributed by atoms with Crippen LogP contribution in [0.1, 0.15) is 49.8 Å². The summed E-state index contributed by atoms with van der Waals surface area (Å²) in [5, 5.41) is 6.99. The van der Waals surface area contributed by atoms with Crippen LogP contribution in [0.2, 0.25) is 25.7 Å². The number of hydrogen-bond donors (Lipinski definition) is 2. The van der Waals surface area contributed by atoms with Gasteiger partial charge in [-0.15, -0.1) is 0 Å². The summed E-state index contributed by atoms with van der Waals surface area (Å²) in [5.74, 6) is 0.620. The van der Waals surface area contributed by atoms with E-state index in [4.69, 9.17) is 24.2 Å². The molecular formula is C39H54N8O5Si. The minimum absolute atomic E-state index is 0.00321. The number of anilines is 2. The number of nitrogens with zero attached hydrogens (tertiary/aromatic N) is 6. The predicted octanol–water partition coefficient (Wildman–Crippen LogP) is 6.38. The number of ether oxygens (including phenoxy) is 3. The molecule has 2 aliphatic rings. The zero-order valence-corrected chi connectivity index (χ0v) is 33.0. The number of aromatic nitrogens is 4. The second-order valence-corrected chi connectivity index (χ2v) is 21.7. The number of benzene rings is 1. The Morgan fingerprint density at radius 2 is 1.79 bits per heavy atom. The molecule has 2 amide bonds. The van der Waals surface area contributed by atoms with Crippen molar-refractivity contribution in [2.24, 2.45) is 0 Å². The number of piperidine rings is 1. The molecule has 14 heteroatoms. The van der Waals surface area contributed by atoms with Gasteiger partial charge in [0.05, 0.1) is 30.0 Å². The molecule has 1 aromatic carbocycles. The molecule has 2 N–H and O–H groups in total. The Morgan fingerprint density at radius 1 is 1.02 bits per heavy atom. The van der Waals surface area contributed by atoms with Gasteiger partial charge in [-0.25, -0.2) is 19.7 Å². The maximum Gasteiger partial charge on any atom is 0.407 e. The van der Waals surface area contributed by atoms with Crippen molar-refractivity contribution in [1.29, 1.82) is 0 Å². The van der Waals surface area contributed by atoms with Crippen LogP contribution in [-0.2, 0) is 27.5 Å². The Morgan fingerprint density at radius 3 is 2.53 bits per heavy atom. The summed E-state index contributed by atoms with van der Waals surface area (Å²) in [4.78, 5) is 44.3. The van der Waals surface area contributed by atoms with Crippen molar-refractivity contribution in [3.63, 3.8) is 0 Å². The Bertz CT molecular complexity index is 1860. The fraction of sp³-hybridized carbons (Fsp3) is 0.513. The highest BCUT2D eigenvalue weighted by Crippen LogP contribution is 2.33. The van der Waals surface area contributed by atoms with Crippen molar-refractivity contribution in [2.75, 3.05) is 56.2 Å². The monoisotopic (exact) mass is 742 g/mol. The lowest BCUT2D eigenvalue weighted by Crippen LogP contribution is -2.48. The van der Waals surface area contributed by atoms with E-state index in [0.717, 1.165) is 72.3 Å². The van der Waals surface area contributed by atoms with Crippen LogP contribution in [0.25, 0.3) is 22.3 Å². The van der Waals surface area contributed by atoms with Gasteiger partial charge in [-0.05, 0) is 82.1 Å². The highest BCUT2D eigenvalue weighted by Gasteiger charge is 2.25. The lowest BCUT2D eigenvalue weighted by Gasteiger charge is -2.33. The first-order valence-corrected chi connectivity index (χ1v) is 22.4. The summed E-state index contributed by atoms with van der Waals surface area (Å²) in [7, 11) is -1.25. The van der Waals surface area contributed by atoms with Crippen LogP contribution in [0.5, 0.6) is 0 Å². The molecular weight excluding hydrogens is 689 g/mol. The molecule has 3 aromatic heterocycles. The standard InChI is InChI=1S/C39H54N8O5Si/c1-39(2,3)52-38(49)44-31-10-8-16-45(25-31)24-30-9-7-11-33(42-30)37(48)43-29-14-12-28(13-15-29)34-23-32-35(46-17-19-50-20-18-46)40-26-41-36(32)47(34)27-51-21-22-53(4,5)6/h7,9,11-15,23,26,31H,8,10,16-22,24-25,27H2,1-6H3,(H,43,48)(H,44,49)/t31-/m1/s1. The SMILES string of the molecule is CC(C)(C)OC(=O)N[C@@H]1CCCN(Cc2cccc(C(=O)Nc3ccc(-c4cc5c(N6CCOCC6)ncnc5n4COCC[Si](C)(C)C)cc3)n2)C1. The summed E-state index contributed by atoms with van der Waals surface area (Å²) < 4.78 is 19.4. The molecule has 13 nitrogen and oxygen atoms in total. The van der Waals surface area contributed by atoms with Crippen LogP contribution in [0, 0.1) is 0 Å². The molecule has 1 atom stereocenters. The number of carbonyl (C=O) groups excluding carboxylic acids is 2. The van der Waals surface area contributed by atoms with E-state index in [0.29, 0.717) is 51.0 Å². The third-order valence-corrected chi connectivity index (χ3v) is 11.0. The first-order chi connectivity index (χ1) is 25.3. The summed E-state index contributed by atoms with van der Waals surface area (Å²) in [5.41, 5.74) is 4.04. The second-order valence-electron chi connectivity index (χ2n) is 16.1. The zero-order chi connectivity index (χ0) is 37.6. The van der Waals surface area contributed by atoms with E-state index >= 15 is 0 Å². The molecule has 53 heavy (non-hydrogen) atoms. The summed E-state index contributed by atoms with van der Waals surface area (Å²) in [6, 6.07) is 16.6. The van der Waals surface area contributed by atoms with Crippen LogP contribution >= 0.6 is 0 Å². The average Bonchev–Trinajstić information content (AvgIpc) is 3.48. The number of hydrogen-bond acceptors (Lipinski definition) is 10. The van der Waals surface area contributed by atoms with Crippen LogP contribution < -0.4 is 15.5 Å². The van der Waals surface area contributed by atoms with E-state index < -0.39 is 19.8 Å². The van der Waals surface area contributed by atoms with Gasteiger partial charge in [0.25, 0.3) is 5.91 Å². The van der Waals surface area contributed by atoms with Gasteiger partial charge in [0, 0.05) is 52.6 Å². The number of amides is 2. The predicted molar refractivity (Wildman–Crippen MR) is 210 cm³/mol. The van der Waals surface area contributed by atoms with E-state index in [-0.39, 0.29) is 11.9 Å². The summed E-state index contributed by atoms with van der Waals surface area (Å²) >= 11 is 0. The smallest absolute Gasteiger partial charge is 0.407 e. The molecule has 5 heterocycles. The molecule has 0 unspecified atom stereocenters. The Hall–Kier alpha value is -4.37. The summed E-state index contributed by atoms with van der Waals surface area (Å²) in [6.07, 6.45) is 3.07. The largest absolute Gasteiger partial charge is 0.444 e. The first-order valence-electron chi connectivity index (χ1n) is 18.7. The van der Waals surface area contributed by atoms with Gasteiger partial charge >= 0.3 is 6.09 Å². The average molecular weight is 743 g/mol. The first kappa shape index (κ1) is 38.4. The molecule has 284 valence electrons. The van der Waals surface area contributed by atoms with Gasteiger partial charge in [-0.2, -0.15) is 0 Å². The van der Waals surface area contributed by atoms with Crippen molar-refractivity contribution in [1.82, 2.24) is 29.7 Å². The van der Waals surface area contributed by atoms with Gasteiger partial charge in [0.2, 0.25) is 0 Å². The van der Waals surface area contributed by atoms with E-state index in [9.17, 15) is 9.59 Å². The van der Waals surface area contributed by atoms with E-state index in [2.05, 4.69) is 55.7 Å². The van der Waals surface area contributed by atoms with Crippen LogP contribution in [-0.4, -0.2) is 102 Å². The van der Waals surface area contributed by atoms with Crippen molar-refractivity contribution >= 4 is 42.6 Å². The lowest BCUT2D eigenvalue weighted by atomic mass is 10.1. The van der Waals surface area contributed by atoms with Crippen LogP contribution in [0.15, 0.2) is 54.9 Å². The molecule has 4 aromatic rings. The molecule has 6 rings (SSSR count). The fourth-order valence-corrected chi connectivity index (χ4v) is 7.37. The minimum atomic E-state index is -1.25. The maximum absolute atomic E-state index is 13.4. The number of rotatable bonds is 12. The van der Waals surface area contributed by atoms with Crippen molar-refractivity contribution in [3.8, 4) is 11.3 Å². The van der Waals surface area contributed by atoms with Gasteiger partial charge in [-0.3, -0.25) is 9.69 Å². The van der Waals surface area contributed by atoms with Crippen molar-refractivity contribution in [2.45, 2.75) is 84.2 Å². The number of nitrogens with one attached hydrogen (secondary N) is 2. The van der Waals surface area contributed by atoms with Crippen LogP contribution in [0.4, 0.5) is 16.3 Å². The molecule has 0 aliphatic carbocycles. The third-order valence-electron chi connectivity index (χ3n) is 9.29. The highest BCUT2D eigenvalue weighted by molar-refractivity contribution is 6.76. The number of pyridine rings is 1. The van der Waals surface area contributed by atoms with Crippen molar-refractivity contribution < 1.29 is 23.8 Å². The molecule has 2 saturated heterocycles. The zero-order valence-electron chi connectivity index (χ0n) is 32.0. The molecule has 0 bridgehead atoms. The quantitative estimate of drug-likeness (QED) is 0.124. The number of likely N-dealkylation sites (tertiary alicyclic amines) is 1. The van der Waals surface area contributed by atoms with E-state index in [1.165, 1.54) is 0 Å². The fourth-order valence-electron chi connectivity index (χ4n) is 6.62. The van der Waals surface area contributed by atoms with E-state index in [1.807, 2.05) is 57.2 Å². The Balaban J connectivity index is 1.13. The van der Waals surface area contributed by atoms with Gasteiger partial charge in [-0.1, -0.05) is 37.8 Å².